The van der Waals surface area contributed by atoms with Gasteiger partial charge in [0.25, 0.3) is 10.0 Å². The van der Waals surface area contributed by atoms with Crippen LogP contribution in [0.3, 0.4) is 0 Å². The fourth-order valence-electron chi connectivity index (χ4n) is 3.14. The van der Waals surface area contributed by atoms with E-state index in [1.54, 1.807) is 59.2 Å². The third-order valence-corrected chi connectivity index (χ3v) is 7.30. The summed E-state index contributed by atoms with van der Waals surface area (Å²) >= 11 is 7.07. The second-order valence-electron chi connectivity index (χ2n) is 7.10. The Morgan fingerprint density at radius 3 is 2.35 bits per heavy atom. The van der Waals surface area contributed by atoms with E-state index in [0.29, 0.717) is 27.7 Å². The van der Waals surface area contributed by atoms with Crippen LogP contribution in [0, 0.1) is 0 Å². The van der Waals surface area contributed by atoms with Gasteiger partial charge in [-0.05, 0) is 66.2 Å². The minimum Gasteiger partial charge on any atom is -0.423 e. The molecule has 9 heteroatoms. The summed E-state index contributed by atoms with van der Waals surface area (Å²) in [6.45, 7) is 4.13. The van der Waals surface area contributed by atoms with Gasteiger partial charge in [0.1, 0.15) is 5.75 Å². The Balaban J connectivity index is 1.64. The van der Waals surface area contributed by atoms with Crippen molar-refractivity contribution in [2.75, 3.05) is 0 Å². The van der Waals surface area contributed by atoms with E-state index < -0.39 is 16.0 Å². The van der Waals surface area contributed by atoms with Crippen molar-refractivity contribution in [2.45, 2.75) is 11.4 Å². The maximum atomic E-state index is 12.8. The lowest BCUT2D eigenvalue weighted by Crippen LogP contribution is -2.17. The van der Waals surface area contributed by atoms with Crippen LogP contribution in [0.4, 0.5) is 0 Å². The Labute approximate surface area is 206 Å². The quantitative estimate of drug-likeness (QED) is 0.185. The molecule has 0 aliphatic heterocycles. The molecule has 4 rings (SSSR count). The molecular weight excluding hydrogens is 492 g/mol. The molecule has 0 aliphatic carbocycles. The first-order valence-corrected chi connectivity index (χ1v) is 12.8. The van der Waals surface area contributed by atoms with Crippen molar-refractivity contribution in [2.24, 2.45) is 4.40 Å². The molecule has 0 saturated carbocycles. The molecule has 0 amide bonds. The second-order valence-corrected chi connectivity index (χ2v) is 9.98. The summed E-state index contributed by atoms with van der Waals surface area (Å²) in [6, 6.07) is 21.6. The largest absolute Gasteiger partial charge is 0.423 e. The van der Waals surface area contributed by atoms with Crippen molar-refractivity contribution in [3.05, 3.63) is 112 Å². The van der Waals surface area contributed by atoms with Crippen LogP contribution in [0.25, 0.3) is 11.3 Å². The zero-order chi connectivity index (χ0) is 24.1. The minimum atomic E-state index is -3.92. The summed E-state index contributed by atoms with van der Waals surface area (Å²) in [5.74, 6) is -0.0440. The monoisotopic (exact) mass is 510 g/mol. The summed E-state index contributed by atoms with van der Waals surface area (Å²) in [4.78, 5) is 12.6. The first kappa shape index (κ1) is 23.7. The van der Waals surface area contributed by atoms with E-state index in [4.69, 9.17) is 16.3 Å². The van der Waals surface area contributed by atoms with Crippen molar-refractivity contribution in [3.63, 3.8) is 0 Å². The molecule has 0 saturated heterocycles. The van der Waals surface area contributed by atoms with E-state index in [0.717, 1.165) is 11.3 Å². The molecule has 0 N–H and O–H groups in total. The average Bonchev–Trinajstić information content (AvgIpc) is 3.22. The number of aromatic nitrogens is 1. The summed E-state index contributed by atoms with van der Waals surface area (Å²) in [5, 5.41) is 2.27. The number of thiazole rings is 1. The number of hydrogen-bond acceptors (Lipinski definition) is 5. The molecule has 4 aromatic rings. The molecule has 0 fully saturated rings. The molecular formula is C25H19ClN2O4S2. The predicted octanol–water partition coefficient (Wildman–Crippen LogP) is 5.56. The fourth-order valence-corrected chi connectivity index (χ4v) is 5.40. The lowest BCUT2D eigenvalue weighted by molar-refractivity contribution is 0.0734. The molecule has 0 atom stereocenters. The van der Waals surface area contributed by atoms with E-state index in [2.05, 4.69) is 11.0 Å². The number of nitrogens with zero attached hydrogens (tertiary/aromatic N) is 2. The number of sulfonamides is 1. The first-order chi connectivity index (χ1) is 16.4. The van der Waals surface area contributed by atoms with Gasteiger partial charge in [-0.3, -0.25) is 0 Å². The second kappa shape index (κ2) is 10.2. The van der Waals surface area contributed by atoms with E-state index in [9.17, 15) is 13.2 Å². The van der Waals surface area contributed by atoms with Crippen LogP contribution in [0.15, 0.2) is 106 Å². The van der Waals surface area contributed by atoms with Gasteiger partial charge >= 0.3 is 5.97 Å². The molecule has 172 valence electrons. The SMILES string of the molecule is C=CCn1c(-c2ccc(OC(=O)c3ccccc3)cc2)csc1=NS(=O)(=O)c1ccc(Cl)cc1. The number of carbonyl (C=O) groups is 1. The fraction of sp³-hybridized carbons (Fsp3) is 0.0400. The van der Waals surface area contributed by atoms with Crippen LogP contribution in [0.5, 0.6) is 5.75 Å². The predicted molar refractivity (Wildman–Crippen MR) is 134 cm³/mol. The molecule has 0 bridgehead atoms. The minimum absolute atomic E-state index is 0.0570. The number of rotatable bonds is 7. The third-order valence-electron chi connectivity index (χ3n) is 4.79. The van der Waals surface area contributed by atoms with Gasteiger partial charge in [-0.15, -0.1) is 22.3 Å². The topological polar surface area (TPSA) is 77.7 Å². The highest BCUT2D eigenvalue weighted by atomic mass is 35.5. The van der Waals surface area contributed by atoms with Gasteiger partial charge in [0.05, 0.1) is 16.2 Å². The molecule has 1 heterocycles. The highest BCUT2D eigenvalue weighted by molar-refractivity contribution is 7.90. The summed E-state index contributed by atoms with van der Waals surface area (Å²) < 4.78 is 36.8. The molecule has 1 aromatic heterocycles. The zero-order valence-electron chi connectivity index (χ0n) is 17.8. The van der Waals surface area contributed by atoms with Gasteiger partial charge in [0.15, 0.2) is 0 Å². The van der Waals surface area contributed by atoms with Crippen molar-refractivity contribution >= 4 is 38.9 Å². The van der Waals surface area contributed by atoms with E-state index in [1.165, 1.54) is 35.6 Å². The standard InChI is InChI=1S/C25H19ClN2O4S2/c1-2-16-28-23(17-33-25(28)27-34(30,31)22-14-10-20(26)11-15-22)18-8-12-21(13-9-18)32-24(29)19-6-4-3-5-7-19/h2-15,17H,1,16H2. The number of benzene rings is 3. The number of ether oxygens (including phenoxy) is 1. The van der Waals surface area contributed by atoms with Crippen molar-refractivity contribution in [1.82, 2.24) is 4.57 Å². The van der Waals surface area contributed by atoms with E-state index >= 15 is 0 Å². The number of halogens is 1. The molecule has 34 heavy (non-hydrogen) atoms. The summed E-state index contributed by atoms with van der Waals surface area (Å²) in [6.07, 6.45) is 1.67. The lowest BCUT2D eigenvalue weighted by Gasteiger charge is -2.08. The molecule has 0 aliphatic rings. The van der Waals surface area contributed by atoms with Crippen molar-refractivity contribution in [1.29, 1.82) is 0 Å². The molecule has 0 unspecified atom stereocenters. The smallest absolute Gasteiger partial charge is 0.343 e. The summed E-state index contributed by atoms with van der Waals surface area (Å²) in [5.41, 5.74) is 2.03. The maximum Gasteiger partial charge on any atom is 0.343 e. The Morgan fingerprint density at radius 2 is 1.71 bits per heavy atom. The van der Waals surface area contributed by atoms with Crippen LogP contribution in [-0.2, 0) is 16.6 Å². The van der Waals surface area contributed by atoms with Gasteiger partial charge < -0.3 is 9.30 Å². The molecule has 0 spiro atoms. The number of hydrogen-bond donors (Lipinski definition) is 0. The Kier molecular flexibility index (Phi) is 7.12. The van der Waals surface area contributed by atoms with Gasteiger partial charge in [0.2, 0.25) is 4.80 Å². The number of allylic oxidation sites excluding steroid dienone is 1. The zero-order valence-corrected chi connectivity index (χ0v) is 20.2. The highest BCUT2D eigenvalue weighted by Crippen LogP contribution is 2.24. The highest BCUT2D eigenvalue weighted by Gasteiger charge is 2.15. The molecule has 6 nitrogen and oxygen atoms in total. The summed E-state index contributed by atoms with van der Waals surface area (Å²) in [7, 11) is -3.92. The van der Waals surface area contributed by atoms with Crippen LogP contribution in [0.1, 0.15) is 10.4 Å². The number of esters is 1. The normalized spacial score (nSPS) is 11.9. The lowest BCUT2D eigenvalue weighted by atomic mass is 10.1. The first-order valence-electron chi connectivity index (χ1n) is 10.1. The van der Waals surface area contributed by atoms with Gasteiger partial charge in [0, 0.05) is 16.9 Å². The number of carbonyl (C=O) groups excluding carboxylic acids is 1. The van der Waals surface area contributed by atoms with Gasteiger partial charge in [-0.2, -0.15) is 8.42 Å². The van der Waals surface area contributed by atoms with Gasteiger partial charge in [-0.25, -0.2) is 4.79 Å². The molecule has 0 radical (unpaired) electrons. The van der Waals surface area contributed by atoms with Crippen LogP contribution < -0.4 is 9.54 Å². The van der Waals surface area contributed by atoms with Crippen molar-refractivity contribution < 1.29 is 17.9 Å². The Morgan fingerprint density at radius 1 is 1.03 bits per heavy atom. The Hall–Kier alpha value is -3.46. The Bertz CT molecular complexity index is 1490. The van der Waals surface area contributed by atoms with E-state index in [-0.39, 0.29) is 4.90 Å². The van der Waals surface area contributed by atoms with Gasteiger partial charge in [-0.1, -0.05) is 35.9 Å². The van der Waals surface area contributed by atoms with Crippen LogP contribution >= 0.6 is 22.9 Å². The van der Waals surface area contributed by atoms with E-state index in [1.807, 2.05) is 11.4 Å². The van der Waals surface area contributed by atoms with Crippen LogP contribution in [-0.4, -0.2) is 19.0 Å². The average molecular weight is 511 g/mol. The third kappa shape index (κ3) is 5.36. The maximum absolute atomic E-state index is 12.8. The van der Waals surface area contributed by atoms with Crippen molar-refractivity contribution in [3.8, 4) is 17.0 Å². The molecule has 3 aromatic carbocycles. The van der Waals surface area contributed by atoms with Crippen LogP contribution in [0.2, 0.25) is 5.02 Å².